The smallest absolute Gasteiger partial charge is 0.0652 e. The third-order valence-corrected chi connectivity index (χ3v) is 4.91. The normalized spacial score (nSPS) is 42.8. The van der Waals surface area contributed by atoms with Crippen LogP contribution >= 0.6 is 0 Å². The number of hydrogen-bond donors (Lipinski definition) is 1. The summed E-state index contributed by atoms with van der Waals surface area (Å²) in [6.45, 7) is 7.03. The summed E-state index contributed by atoms with van der Waals surface area (Å²) < 4.78 is 5.50. The van der Waals surface area contributed by atoms with Crippen LogP contribution in [0.25, 0.3) is 0 Å². The minimum Gasteiger partial charge on any atom is -0.381 e. The van der Waals surface area contributed by atoms with Gasteiger partial charge >= 0.3 is 0 Å². The highest BCUT2D eigenvalue weighted by molar-refractivity contribution is 5.03. The Labute approximate surface area is 100 Å². The first-order valence-electron chi connectivity index (χ1n) is 6.83. The Balaban J connectivity index is 1.79. The van der Waals surface area contributed by atoms with E-state index in [1.54, 1.807) is 0 Å². The lowest BCUT2D eigenvalue weighted by atomic mass is 9.64. The van der Waals surface area contributed by atoms with E-state index in [2.05, 4.69) is 26.1 Å². The fourth-order valence-electron chi connectivity index (χ4n) is 3.28. The van der Waals surface area contributed by atoms with Crippen molar-refractivity contribution in [3.8, 4) is 0 Å². The van der Waals surface area contributed by atoms with Crippen molar-refractivity contribution in [2.75, 3.05) is 7.11 Å². The summed E-state index contributed by atoms with van der Waals surface area (Å²) in [5, 5.41) is 3.85. The van der Waals surface area contributed by atoms with E-state index in [0.29, 0.717) is 17.6 Å². The number of hydrogen-bond acceptors (Lipinski definition) is 2. The van der Waals surface area contributed by atoms with Gasteiger partial charge in [-0.2, -0.15) is 0 Å². The van der Waals surface area contributed by atoms with Crippen LogP contribution in [0.3, 0.4) is 0 Å². The van der Waals surface area contributed by atoms with Crippen molar-refractivity contribution < 1.29 is 4.74 Å². The van der Waals surface area contributed by atoms with Crippen LogP contribution in [0.2, 0.25) is 0 Å². The molecule has 1 N–H and O–H groups in total. The van der Waals surface area contributed by atoms with Gasteiger partial charge in [0.2, 0.25) is 0 Å². The van der Waals surface area contributed by atoms with Gasteiger partial charge in [0, 0.05) is 24.6 Å². The molecule has 2 heteroatoms. The van der Waals surface area contributed by atoms with Gasteiger partial charge < -0.3 is 10.1 Å². The van der Waals surface area contributed by atoms with E-state index in [-0.39, 0.29) is 0 Å². The summed E-state index contributed by atoms with van der Waals surface area (Å²) in [4.78, 5) is 0. The first kappa shape index (κ1) is 12.4. The van der Waals surface area contributed by atoms with E-state index in [1.807, 2.05) is 7.11 Å². The molecule has 0 aromatic carbocycles. The second kappa shape index (κ2) is 4.66. The molecule has 2 rings (SSSR count). The van der Waals surface area contributed by atoms with Crippen molar-refractivity contribution in [3.63, 3.8) is 0 Å². The Hall–Kier alpha value is -0.0800. The predicted octanol–water partition coefficient (Wildman–Crippen LogP) is 2.97. The van der Waals surface area contributed by atoms with Gasteiger partial charge in [0.1, 0.15) is 0 Å². The molecule has 0 radical (unpaired) electrons. The molecule has 0 amide bonds. The van der Waals surface area contributed by atoms with Crippen LogP contribution in [0.15, 0.2) is 0 Å². The van der Waals surface area contributed by atoms with Crippen molar-refractivity contribution in [1.29, 1.82) is 0 Å². The van der Waals surface area contributed by atoms with E-state index in [9.17, 15) is 0 Å². The molecule has 2 aliphatic rings. The first-order chi connectivity index (χ1) is 7.54. The fraction of sp³-hybridized carbons (Fsp3) is 1.00. The fourth-order valence-corrected chi connectivity index (χ4v) is 3.28. The summed E-state index contributed by atoms with van der Waals surface area (Å²) >= 11 is 0. The average molecular weight is 225 g/mol. The largest absolute Gasteiger partial charge is 0.381 e. The number of nitrogens with one attached hydrogen (secondary N) is 1. The monoisotopic (exact) mass is 225 g/mol. The lowest BCUT2D eigenvalue weighted by Gasteiger charge is -2.53. The van der Waals surface area contributed by atoms with Crippen molar-refractivity contribution in [2.45, 2.75) is 71.1 Å². The van der Waals surface area contributed by atoms with E-state index >= 15 is 0 Å². The van der Waals surface area contributed by atoms with Crippen LogP contribution in [0.5, 0.6) is 0 Å². The van der Waals surface area contributed by atoms with Crippen LogP contribution in [0, 0.1) is 11.3 Å². The summed E-state index contributed by atoms with van der Waals surface area (Å²) in [6, 6.07) is 1.43. The minimum absolute atomic E-state index is 0.317. The maximum Gasteiger partial charge on any atom is 0.0652 e. The van der Waals surface area contributed by atoms with Gasteiger partial charge in [0.05, 0.1) is 6.10 Å². The molecule has 0 saturated heterocycles. The Morgan fingerprint density at radius 3 is 2.25 bits per heavy atom. The second-order valence-electron chi connectivity index (χ2n) is 6.46. The molecule has 2 unspecified atom stereocenters. The molecule has 0 aromatic rings. The standard InChI is InChI=1S/C14H27NO/c1-10-5-7-11(8-6-10)15-12-9-13(16-4)14(12,2)3/h10-13,15H,5-9H2,1-4H3. The molecule has 94 valence electrons. The zero-order valence-electron chi connectivity index (χ0n) is 11.3. The summed E-state index contributed by atoms with van der Waals surface area (Å²) in [5.41, 5.74) is 0.317. The van der Waals surface area contributed by atoms with Crippen LogP contribution in [-0.2, 0) is 4.74 Å². The molecule has 16 heavy (non-hydrogen) atoms. The third-order valence-electron chi connectivity index (χ3n) is 4.91. The Bertz CT molecular complexity index is 231. The van der Waals surface area contributed by atoms with Gasteiger partial charge in [-0.05, 0) is 38.0 Å². The molecule has 0 bridgehead atoms. The summed E-state index contributed by atoms with van der Waals surface area (Å²) in [5.74, 6) is 0.944. The molecule has 0 aliphatic heterocycles. The van der Waals surface area contributed by atoms with Crippen LogP contribution in [0.1, 0.15) is 52.9 Å². The zero-order chi connectivity index (χ0) is 11.8. The van der Waals surface area contributed by atoms with E-state index in [1.165, 1.54) is 32.1 Å². The molecule has 0 aromatic heterocycles. The Morgan fingerprint density at radius 2 is 1.75 bits per heavy atom. The molecule has 2 saturated carbocycles. The molecular weight excluding hydrogens is 198 g/mol. The van der Waals surface area contributed by atoms with Gasteiger partial charge in [-0.15, -0.1) is 0 Å². The van der Waals surface area contributed by atoms with Crippen LogP contribution in [-0.4, -0.2) is 25.3 Å². The lowest BCUT2D eigenvalue weighted by molar-refractivity contribution is -0.101. The topological polar surface area (TPSA) is 21.3 Å². The molecule has 2 aliphatic carbocycles. The van der Waals surface area contributed by atoms with Gasteiger partial charge in [0.15, 0.2) is 0 Å². The predicted molar refractivity (Wildman–Crippen MR) is 67.5 cm³/mol. The number of ether oxygens (including phenoxy) is 1. The molecular formula is C14H27NO. The molecule has 2 atom stereocenters. The number of rotatable bonds is 3. The highest BCUT2D eigenvalue weighted by atomic mass is 16.5. The molecule has 2 nitrogen and oxygen atoms in total. The zero-order valence-corrected chi connectivity index (χ0v) is 11.3. The molecule has 0 heterocycles. The first-order valence-corrected chi connectivity index (χ1v) is 6.83. The maximum atomic E-state index is 5.50. The van der Waals surface area contributed by atoms with Crippen molar-refractivity contribution >= 4 is 0 Å². The van der Waals surface area contributed by atoms with Gasteiger partial charge in [-0.25, -0.2) is 0 Å². The van der Waals surface area contributed by atoms with E-state index in [4.69, 9.17) is 4.74 Å². The quantitative estimate of drug-likeness (QED) is 0.797. The van der Waals surface area contributed by atoms with Gasteiger partial charge in [-0.3, -0.25) is 0 Å². The van der Waals surface area contributed by atoms with E-state index in [0.717, 1.165) is 12.0 Å². The second-order valence-corrected chi connectivity index (χ2v) is 6.46. The SMILES string of the molecule is COC1CC(NC2CCC(C)CC2)C1(C)C. The van der Waals surface area contributed by atoms with Crippen molar-refractivity contribution in [2.24, 2.45) is 11.3 Å². The average Bonchev–Trinajstić information content (AvgIpc) is 2.26. The summed E-state index contributed by atoms with van der Waals surface area (Å²) in [6.07, 6.45) is 7.18. The maximum absolute atomic E-state index is 5.50. The third kappa shape index (κ3) is 2.28. The Morgan fingerprint density at radius 1 is 1.12 bits per heavy atom. The molecule has 0 spiro atoms. The number of methoxy groups -OCH3 is 1. The van der Waals surface area contributed by atoms with Gasteiger partial charge in [-0.1, -0.05) is 20.8 Å². The highest BCUT2D eigenvalue weighted by Crippen LogP contribution is 2.43. The van der Waals surface area contributed by atoms with Gasteiger partial charge in [0.25, 0.3) is 0 Å². The van der Waals surface area contributed by atoms with Crippen LogP contribution < -0.4 is 5.32 Å². The Kier molecular flexibility index (Phi) is 3.60. The summed E-state index contributed by atoms with van der Waals surface area (Å²) in [7, 11) is 1.84. The van der Waals surface area contributed by atoms with Crippen LogP contribution in [0.4, 0.5) is 0 Å². The minimum atomic E-state index is 0.317. The van der Waals surface area contributed by atoms with E-state index < -0.39 is 0 Å². The molecule has 2 fully saturated rings. The van der Waals surface area contributed by atoms with Crippen molar-refractivity contribution in [1.82, 2.24) is 5.32 Å². The highest BCUT2D eigenvalue weighted by Gasteiger charge is 2.48. The van der Waals surface area contributed by atoms with Crippen molar-refractivity contribution in [3.05, 3.63) is 0 Å². The lowest BCUT2D eigenvalue weighted by Crippen LogP contribution is -2.62.